The lowest BCUT2D eigenvalue weighted by Gasteiger charge is -2.17. The van der Waals surface area contributed by atoms with Crippen LogP contribution in [-0.2, 0) is 11.2 Å². The summed E-state index contributed by atoms with van der Waals surface area (Å²) in [5.41, 5.74) is 6.85. The highest BCUT2D eigenvalue weighted by Crippen LogP contribution is 2.17. The van der Waals surface area contributed by atoms with Gasteiger partial charge in [0.15, 0.2) is 0 Å². The lowest BCUT2D eigenvalue weighted by Crippen LogP contribution is -2.30. The van der Waals surface area contributed by atoms with E-state index in [1.807, 2.05) is 18.2 Å². The maximum Gasteiger partial charge on any atom is 0.316 e. The molecule has 3 N–H and O–H groups in total. The minimum atomic E-state index is -0.886. The molecule has 0 heterocycles. The molecule has 1 aromatic rings. The Kier molecular flexibility index (Phi) is 6.08. The van der Waals surface area contributed by atoms with Crippen LogP contribution in [0.1, 0.15) is 18.4 Å². The summed E-state index contributed by atoms with van der Waals surface area (Å²) in [4.78, 5) is 10.8. The van der Waals surface area contributed by atoms with Crippen LogP contribution >= 0.6 is 12.6 Å². The fourth-order valence-corrected chi connectivity index (χ4v) is 2.09. The molecule has 4 heteroatoms. The zero-order valence-electron chi connectivity index (χ0n) is 9.75. The van der Waals surface area contributed by atoms with Gasteiger partial charge < -0.3 is 10.8 Å². The summed E-state index contributed by atoms with van der Waals surface area (Å²) in [7, 11) is 0. The number of hydrogen-bond donors (Lipinski definition) is 3. The Balaban J connectivity index is 2.36. The van der Waals surface area contributed by atoms with E-state index in [0.29, 0.717) is 6.54 Å². The average molecular weight is 253 g/mol. The van der Waals surface area contributed by atoms with Crippen LogP contribution in [0.3, 0.4) is 0 Å². The lowest BCUT2D eigenvalue weighted by molar-refractivity contribution is -0.137. The molecule has 17 heavy (non-hydrogen) atoms. The predicted molar refractivity (Wildman–Crippen MR) is 72.3 cm³/mol. The number of benzene rings is 1. The van der Waals surface area contributed by atoms with Gasteiger partial charge in [-0.05, 0) is 37.3 Å². The smallest absolute Gasteiger partial charge is 0.316 e. The van der Waals surface area contributed by atoms with Gasteiger partial charge >= 0.3 is 5.97 Å². The molecular weight excluding hydrogens is 234 g/mol. The van der Waals surface area contributed by atoms with Crippen molar-refractivity contribution in [2.45, 2.75) is 24.5 Å². The highest BCUT2D eigenvalue weighted by Gasteiger charge is 2.22. The number of rotatable bonds is 7. The van der Waals surface area contributed by atoms with Gasteiger partial charge in [-0.1, -0.05) is 30.3 Å². The second kappa shape index (κ2) is 7.35. The third-order valence-corrected chi connectivity index (χ3v) is 3.53. The van der Waals surface area contributed by atoms with Crippen LogP contribution in [0.5, 0.6) is 0 Å². The quantitative estimate of drug-likeness (QED) is 0.651. The summed E-state index contributed by atoms with van der Waals surface area (Å²) in [6.45, 7) is 0.370. The summed E-state index contributed by atoms with van der Waals surface area (Å²) >= 11 is 4.08. The van der Waals surface area contributed by atoms with Crippen LogP contribution in [0.4, 0.5) is 0 Å². The van der Waals surface area contributed by atoms with Crippen LogP contribution in [-0.4, -0.2) is 22.9 Å². The summed E-state index contributed by atoms with van der Waals surface area (Å²) in [6, 6.07) is 10.2. The standard InChI is InChI=1S/C13H19NO2S/c14-9-11(12(17)13(15)16)8-4-7-10-5-2-1-3-6-10/h1-3,5-6,11-12,17H,4,7-9,14H2,(H,15,16). The number of nitrogens with two attached hydrogens (primary N) is 1. The van der Waals surface area contributed by atoms with E-state index in [9.17, 15) is 4.79 Å². The number of aryl methyl sites for hydroxylation is 1. The van der Waals surface area contributed by atoms with Crippen molar-refractivity contribution in [3.8, 4) is 0 Å². The lowest BCUT2D eigenvalue weighted by atomic mass is 9.96. The van der Waals surface area contributed by atoms with E-state index in [4.69, 9.17) is 10.8 Å². The molecule has 0 aliphatic carbocycles. The van der Waals surface area contributed by atoms with Crippen LogP contribution < -0.4 is 5.73 Å². The van der Waals surface area contributed by atoms with Crippen molar-refractivity contribution in [2.75, 3.05) is 6.54 Å². The summed E-state index contributed by atoms with van der Waals surface area (Å²) in [5, 5.41) is 8.21. The Morgan fingerprint density at radius 3 is 2.53 bits per heavy atom. The van der Waals surface area contributed by atoms with E-state index in [1.165, 1.54) is 5.56 Å². The van der Waals surface area contributed by atoms with Gasteiger partial charge in [0.05, 0.1) is 0 Å². The monoisotopic (exact) mass is 253 g/mol. The van der Waals surface area contributed by atoms with Gasteiger partial charge in [0.1, 0.15) is 5.25 Å². The van der Waals surface area contributed by atoms with Crippen molar-refractivity contribution in [1.29, 1.82) is 0 Å². The van der Waals surface area contributed by atoms with E-state index < -0.39 is 11.2 Å². The molecule has 94 valence electrons. The molecule has 1 rings (SSSR count). The van der Waals surface area contributed by atoms with Crippen molar-refractivity contribution in [3.05, 3.63) is 35.9 Å². The molecule has 0 saturated heterocycles. The first-order valence-corrected chi connectivity index (χ1v) is 6.31. The van der Waals surface area contributed by atoms with Crippen molar-refractivity contribution in [1.82, 2.24) is 0 Å². The Hall–Kier alpha value is -1.00. The molecule has 0 bridgehead atoms. The first-order chi connectivity index (χ1) is 8.15. The number of aliphatic carboxylic acids is 1. The van der Waals surface area contributed by atoms with E-state index in [2.05, 4.69) is 24.8 Å². The molecule has 1 aromatic carbocycles. The minimum absolute atomic E-state index is 0.0560. The van der Waals surface area contributed by atoms with E-state index in [-0.39, 0.29) is 5.92 Å². The molecule has 2 atom stereocenters. The largest absolute Gasteiger partial charge is 0.480 e. The third-order valence-electron chi connectivity index (χ3n) is 2.89. The van der Waals surface area contributed by atoms with Gasteiger partial charge in [0.25, 0.3) is 0 Å². The first-order valence-electron chi connectivity index (χ1n) is 5.80. The van der Waals surface area contributed by atoms with Crippen LogP contribution in [0, 0.1) is 5.92 Å². The second-order valence-electron chi connectivity index (χ2n) is 4.16. The number of thiol groups is 1. The van der Waals surface area contributed by atoms with Gasteiger partial charge in [-0.25, -0.2) is 0 Å². The molecule has 0 aliphatic rings. The van der Waals surface area contributed by atoms with Gasteiger partial charge in [-0.15, -0.1) is 0 Å². The molecule has 0 radical (unpaired) electrons. The van der Waals surface area contributed by atoms with Crippen LogP contribution in [0.25, 0.3) is 0 Å². The highest BCUT2D eigenvalue weighted by atomic mass is 32.1. The zero-order chi connectivity index (χ0) is 12.7. The topological polar surface area (TPSA) is 63.3 Å². The highest BCUT2D eigenvalue weighted by molar-refractivity contribution is 7.81. The van der Waals surface area contributed by atoms with Crippen LogP contribution in [0.15, 0.2) is 30.3 Å². The van der Waals surface area contributed by atoms with Gasteiger partial charge in [-0.2, -0.15) is 12.6 Å². The average Bonchev–Trinajstić information content (AvgIpc) is 2.35. The number of hydrogen-bond acceptors (Lipinski definition) is 3. The molecule has 0 spiro atoms. The maximum absolute atomic E-state index is 10.8. The molecule has 3 nitrogen and oxygen atoms in total. The fourth-order valence-electron chi connectivity index (χ4n) is 1.82. The Morgan fingerprint density at radius 2 is 2.00 bits per heavy atom. The molecule has 0 aromatic heterocycles. The Morgan fingerprint density at radius 1 is 1.35 bits per heavy atom. The SMILES string of the molecule is NCC(CCCc1ccccc1)C(S)C(=O)O. The van der Waals surface area contributed by atoms with Crippen molar-refractivity contribution in [3.63, 3.8) is 0 Å². The van der Waals surface area contributed by atoms with Crippen molar-refractivity contribution >= 4 is 18.6 Å². The third kappa shape index (κ3) is 4.79. The molecule has 0 saturated carbocycles. The van der Waals surface area contributed by atoms with Crippen molar-refractivity contribution < 1.29 is 9.90 Å². The van der Waals surface area contributed by atoms with E-state index >= 15 is 0 Å². The minimum Gasteiger partial charge on any atom is -0.480 e. The zero-order valence-corrected chi connectivity index (χ0v) is 10.6. The van der Waals surface area contributed by atoms with Gasteiger partial charge in [-0.3, -0.25) is 4.79 Å². The summed E-state index contributed by atoms with van der Waals surface area (Å²) < 4.78 is 0. The van der Waals surface area contributed by atoms with Crippen molar-refractivity contribution in [2.24, 2.45) is 11.7 Å². The molecular formula is C13H19NO2S. The van der Waals surface area contributed by atoms with E-state index in [1.54, 1.807) is 0 Å². The normalized spacial score (nSPS) is 14.2. The Labute approximate surface area is 107 Å². The predicted octanol–water partition coefficient (Wildman–Crippen LogP) is 1.97. The summed E-state index contributed by atoms with van der Waals surface area (Å²) in [5.74, 6) is -0.942. The Bertz CT molecular complexity index is 343. The number of carboxylic acids is 1. The second-order valence-corrected chi connectivity index (χ2v) is 4.71. The maximum atomic E-state index is 10.8. The van der Waals surface area contributed by atoms with Crippen LogP contribution in [0.2, 0.25) is 0 Å². The van der Waals surface area contributed by atoms with E-state index in [0.717, 1.165) is 19.3 Å². The molecule has 0 fully saturated rings. The summed E-state index contributed by atoms with van der Waals surface area (Å²) in [6.07, 6.45) is 2.69. The fraction of sp³-hybridized carbons (Fsp3) is 0.462. The molecule has 0 amide bonds. The first kappa shape index (κ1) is 14.1. The van der Waals surface area contributed by atoms with Gasteiger partial charge in [0, 0.05) is 0 Å². The van der Waals surface area contributed by atoms with Gasteiger partial charge in [0.2, 0.25) is 0 Å². The molecule has 2 unspecified atom stereocenters. The molecule has 0 aliphatic heterocycles. The number of carboxylic acid groups (broad SMARTS) is 1. The number of carbonyl (C=O) groups is 1.